The van der Waals surface area contributed by atoms with Crippen molar-refractivity contribution in [1.82, 2.24) is 9.13 Å². The molecule has 0 saturated heterocycles. The molecule has 0 fully saturated rings. The zero-order valence-electron chi connectivity index (χ0n) is 29.5. The van der Waals surface area contributed by atoms with E-state index in [2.05, 4.69) is 168 Å². The van der Waals surface area contributed by atoms with E-state index in [9.17, 15) is 0 Å². The van der Waals surface area contributed by atoms with Gasteiger partial charge in [-0.3, -0.25) is 0 Å². The highest BCUT2D eigenvalue weighted by Gasteiger charge is 2.24. The third-order valence-corrected chi connectivity index (χ3v) is 10.8. The molecule has 252 valence electrons. The second-order valence-electron chi connectivity index (χ2n) is 13.9. The number of allylic oxidation sites excluding steroid dienone is 7. The summed E-state index contributed by atoms with van der Waals surface area (Å²) in [6, 6.07) is 43.1. The highest BCUT2D eigenvalue weighted by Crippen LogP contribution is 2.40. The van der Waals surface area contributed by atoms with E-state index in [1.807, 2.05) is 24.3 Å². The summed E-state index contributed by atoms with van der Waals surface area (Å²) in [7, 11) is 0. The van der Waals surface area contributed by atoms with Crippen molar-refractivity contribution in [2.45, 2.75) is 19.8 Å². The lowest BCUT2D eigenvalue weighted by atomic mass is 9.91. The first-order chi connectivity index (χ1) is 26.1. The van der Waals surface area contributed by atoms with Crippen LogP contribution >= 0.6 is 0 Å². The molecule has 0 saturated carbocycles. The Balaban J connectivity index is 1.16. The Labute approximate surface area is 308 Å². The summed E-state index contributed by atoms with van der Waals surface area (Å²) in [6.45, 7) is 6.46. The van der Waals surface area contributed by atoms with Gasteiger partial charge in [0.15, 0.2) is 5.76 Å². The third kappa shape index (κ3) is 5.13. The SMILES string of the molecule is C=C1\C=C/C=C(/C(=C\c2ccccc2C)n2c3ccccc3c3cc(C4=Cc5c(n(-c6ccccc6)c6c5=CC=C=6)CC4)ccc32)Oc2ccccc21. The van der Waals surface area contributed by atoms with E-state index in [-0.39, 0.29) is 0 Å². The van der Waals surface area contributed by atoms with Crippen molar-refractivity contribution in [1.29, 1.82) is 0 Å². The van der Waals surface area contributed by atoms with E-state index in [1.54, 1.807) is 0 Å². The van der Waals surface area contributed by atoms with Crippen molar-refractivity contribution < 1.29 is 4.74 Å². The Kier molecular flexibility index (Phi) is 7.28. The van der Waals surface area contributed by atoms with Crippen molar-refractivity contribution >= 4 is 62.6 Å². The van der Waals surface area contributed by atoms with Gasteiger partial charge in [0.2, 0.25) is 0 Å². The average molecular weight is 681 g/mol. The molecule has 53 heavy (non-hydrogen) atoms. The number of hydrogen-bond acceptors (Lipinski definition) is 1. The summed E-state index contributed by atoms with van der Waals surface area (Å²) >= 11 is 0. The zero-order chi connectivity index (χ0) is 35.5. The first-order valence-corrected chi connectivity index (χ1v) is 18.3. The number of aromatic nitrogens is 2. The van der Waals surface area contributed by atoms with Crippen LogP contribution in [0, 0.1) is 6.92 Å². The molecule has 3 nitrogen and oxygen atoms in total. The van der Waals surface area contributed by atoms with Crippen LogP contribution in [0.5, 0.6) is 5.75 Å². The van der Waals surface area contributed by atoms with Crippen LogP contribution in [-0.4, -0.2) is 9.13 Å². The van der Waals surface area contributed by atoms with Crippen LogP contribution in [0.2, 0.25) is 0 Å². The lowest BCUT2D eigenvalue weighted by molar-refractivity contribution is 0.444. The number of nitrogens with zero attached hydrogens (tertiary/aromatic N) is 2. The maximum atomic E-state index is 6.86. The fourth-order valence-corrected chi connectivity index (χ4v) is 8.20. The van der Waals surface area contributed by atoms with E-state index in [4.69, 9.17) is 4.74 Å². The van der Waals surface area contributed by atoms with Gasteiger partial charge < -0.3 is 13.9 Å². The van der Waals surface area contributed by atoms with Crippen LogP contribution in [0.3, 0.4) is 0 Å². The molecule has 0 radical (unpaired) electrons. The number of benzene rings is 5. The zero-order valence-corrected chi connectivity index (χ0v) is 29.5. The lowest BCUT2D eigenvalue weighted by Gasteiger charge is -2.21. The predicted octanol–water partition coefficient (Wildman–Crippen LogP) is 10.7. The minimum absolute atomic E-state index is 0.761. The highest BCUT2D eigenvalue weighted by molar-refractivity contribution is 6.12. The molecule has 0 atom stereocenters. The van der Waals surface area contributed by atoms with Crippen molar-refractivity contribution in [3.8, 4) is 11.4 Å². The normalized spacial score (nSPS) is 16.3. The van der Waals surface area contributed by atoms with Crippen LogP contribution in [0.15, 0.2) is 158 Å². The Morgan fingerprint density at radius 1 is 0.792 bits per heavy atom. The molecule has 0 bridgehead atoms. The summed E-state index contributed by atoms with van der Waals surface area (Å²) in [6.07, 6.45) is 17.0. The fourth-order valence-electron chi connectivity index (χ4n) is 8.20. The van der Waals surface area contributed by atoms with Gasteiger partial charge in [0, 0.05) is 38.5 Å². The Morgan fingerprint density at radius 2 is 1.58 bits per heavy atom. The van der Waals surface area contributed by atoms with Gasteiger partial charge in [-0.1, -0.05) is 109 Å². The van der Waals surface area contributed by atoms with Crippen molar-refractivity contribution in [3.05, 3.63) is 202 Å². The molecule has 2 aromatic heterocycles. The van der Waals surface area contributed by atoms with Gasteiger partial charge in [-0.2, -0.15) is 0 Å². The van der Waals surface area contributed by atoms with Crippen LogP contribution in [0.25, 0.3) is 68.3 Å². The van der Waals surface area contributed by atoms with Crippen LogP contribution < -0.4 is 15.3 Å². The summed E-state index contributed by atoms with van der Waals surface area (Å²) < 4.78 is 11.6. The van der Waals surface area contributed by atoms with Gasteiger partial charge in [-0.15, -0.1) is 0 Å². The van der Waals surface area contributed by atoms with Gasteiger partial charge in [0.1, 0.15) is 5.75 Å². The number of ether oxygens (including phenoxy) is 1. The quantitative estimate of drug-likeness (QED) is 0.177. The van der Waals surface area contributed by atoms with Gasteiger partial charge in [0.05, 0.1) is 22.1 Å². The van der Waals surface area contributed by atoms with E-state index in [0.29, 0.717) is 0 Å². The monoisotopic (exact) mass is 680 g/mol. The molecule has 3 heterocycles. The van der Waals surface area contributed by atoms with Gasteiger partial charge in [-0.25, -0.2) is 0 Å². The molecule has 5 aromatic carbocycles. The highest BCUT2D eigenvalue weighted by atomic mass is 16.5. The van der Waals surface area contributed by atoms with E-state index in [1.165, 1.54) is 49.6 Å². The van der Waals surface area contributed by atoms with Crippen LogP contribution in [0.4, 0.5) is 0 Å². The van der Waals surface area contributed by atoms with Gasteiger partial charge >= 0.3 is 0 Å². The Hall–Kier alpha value is -6.80. The predicted molar refractivity (Wildman–Crippen MR) is 222 cm³/mol. The van der Waals surface area contributed by atoms with Crippen molar-refractivity contribution in [2.24, 2.45) is 0 Å². The molecule has 10 rings (SSSR count). The second kappa shape index (κ2) is 12.5. The van der Waals surface area contributed by atoms with E-state index in [0.717, 1.165) is 63.1 Å². The standard InChI is InChI=1S/C50H36N2O/c1-33-14-6-7-16-35(33)32-48(50-25-12-15-34(2)39-19-9-11-24-49(39)53-50)52-45-22-10-8-20-40(45)43-31-37(27-29-47(43)52)36-26-28-46-42(30-36)41-21-13-23-44(41)51(46)38-17-4-3-5-18-38/h3-22,24-25,27,29-32H,2,26,28H2,1H3/b15-12-,48-32+,50-25-. The van der Waals surface area contributed by atoms with Crippen molar-refractivity contribution in [3.63, 3.8) is 0 Å². The molecule has 0 spiro atoms. The van der Waals surface area contributed by atoms with Crippen LogP contribution in [0.1, 0.15) is 39.9 Å². The summed E-state index contributed by atoms with van der Waals surface area (Å²) in [4.78, 5) is 0. The third-order valence-electron chi connectivity index (χ3n) is 10.8. The molecule has 1 aliphatic heterocycles. The molecule has 2 aliphatic carbocycles. The number of hydrogen-bond donors (Lipinski definition) is 0. The number of fused-ring (bicyclic) bond motifs is 7. The molecule has 0 N–H and O–H groups in total. The minimum Gasteiger partial charge on any atom is -0.455 e. The lowest BCUT2D eigenvalue weighted by Crippen LogP contribution is -2.26. The van der Waals surface area contributed by atoms with Gasteiger partial charge in [-0.05, 0) is 114 Å². The molecule has 0 unspecified atom stereocenters. The number of rotatable bonds is 5. The molecular weight excluding hydrogens is 645 g/mol. The van der Waals surface area contributed by atoms with E-state index >= 15 is 0 Å². The molecule has 3 aliphatic rings. The minimum atomic E-state index is 0.761. The summed E-state index contributed by atoms with van der Waals surface area (Å²) in [5, 5.41) is 4.83. The summed E-state index contributed by atoms with van der Waals surface area (Å²) in [5.41, 5.74) is 17.4. The Morgan fingerprint density at radius 3 is 2.49 bits per heavy atom. The maximum Gasteiger partial charge on any atom is 0.151 e. The second-order valence-corrected chi connectivity index (χ2v) is 13.9. The van der Waals surface area contributed by atoms with Crippen molar-refractivity contribution in [2.75, 3.05) is 0 Å². The first kappa shape index (κ1) is 31.0. The average Bonchev–Trinajstić information content (AvgIpc) is 3.88. The molecule has 7 aromatic rings. The molecule has 3 heteroatoms. The molecule has 0 amide bonds. The maximum absolute atomic E-state index is 6.86. The topological polar surface area (TPSA) is 19.1 Å². The van der Waals surface area contributed by atoms with Gasteiger partial charge in [0.25, 0.3) is 0 Å². The van der Waals surface area contributed by atoms with Crippen LogP contribution in [-0.2, 0) is 6.42 Å². The summed E-state index contributed by atoms with van der Waals surface area (Å²) in [5.74, 6) is 1.55. The molecular formula is C50H36N2O. The Bertz CT molecular complexity index is 2970. The fraction of sp³-hybridized carbons (Fsp3) is 0.0600. The number of para-hydroxylation sites is 3. The first-order valence-electron chi connectivity index (χ1n) is 18.3. The number of aryl methyl sites for hydroxylation is 1. The largest absolute Gasteiger partial charge is 0.455 e. The van der Waals surface area contributed by atoms with E-state index < -0.39 is 0 Å². The smallest absolute Gasteiger partial charge is 0.151 e.